The maximum atomic E-state index is 6.02. The normalized spacial score (nSPS) is 11.0. The van der Waals surface area contributed by atoms with Gasteiger partial charge in [0.15, 0.2) is 5.82 Å². The van der Waals surface area contributed by atoms with Gasteiger partial charge in [0.1, 0.15) is 12.1 Å². The number of imidazole rings is 1. The fourth-order valence-corrected chi connectivity index (χ4v) is 3.43. The topological polar surface area (TPSA) is 55.6 Å². The third kappa shape index (κ3) is 2.78. The van der Waals surface area contributed by atoms with E-state index in [2.05, 4.69) is 20.3 Å². The Morgan fingerprint density at radius 2 is 2.00 bits per heavy atom. The van der Waals surface area contributed by atoms with Crippen LogP contribution < -0.4 is 5.32 Å². The predicted molar refractivity (Wildman–Crippen MR) is 94.0 cm³/mol. The highest BCUT2D eigenvalue weighted by molar-refractivity contribution is 7.19. The quantitative estimate of drug-likeness (QED) is 0.554. The molecule has 114 valence electrons. The number of aromatic nitrogens is 4. The number of anilines is 2. The second kappa shape index (κ2) is 5.64. The van der Waals surface area contributed by atoms with E-state index in [1.165, 1.54) is 0 Å². The number of nitrogens with zero attached hydrogens (tertiary/aromatic N) is 4. The molecule has 0 aliphatic heterocycles. The second-order valence-corrected chi connectivity index (χ2v) is 6.63. The molecular formula is C16H12ClN5S. The summed E-state index contributed by atoms with van der Waals surface area (Å²) < 4.78 is 2.92. The van der Waals surface area contributed by atoms with Gasteiger partial charge in [-0.3, -0.25) is 0 Å². The minimum Gasteiger partial charge on any atom is -0.322 e. The third-order valence-electron chi connectivity index (χ3n) is 3.35. The second-order valence-electron chi connectivity index (χ2n) is 5.04. The van der Waals surface area contributed by atoms with Gasteiger partial charge in [-0.15, -0.1) is 11.3 Å². The largest absolute Gasteiger partial charge is 0.322 e. The Labute approximate surface area is 141 Å². The van der Waals surface area contributed by atoms with E-state index in [0.29, 0.717) is 11.6 Å². The van der Waals surface area contributed by atoms with Crippen molar-refractivity contribution in [1.82, 2.24) is 19.5 Å². The Hall–Kier alpha value is -2.44. The van der Waals surface area contributed by atoms with Crippen molar-refractivity contribution in [1.29, 1.82) is 0 Å². The maximum Gasteiger partial charge on any atom is 0.224 e. The van der Waals surface area contributed by atoms with Crippen molar-refractivity contribution in [3.63, 3.8) is 0 Å². The van der Waals surface area contributed by atoms with Crippen LogP contribution in [0.1, 0.15) is 4.88 Å². The summed E-state index contributed by atoms with van der Waals surface area (Å²) in [6.07, 6.45) is 3.68. The van der Waals surface area contributed by atoms with Crippen molar-refractivity contribution in [3.8, 4) is 5.69 Å². The lowest BCUT2D eigenvalue weighted by Crippen LogP contribution is -1.96. The van der Waals surface area contributed by atoms with Crippen LogP contribution in [0, 0.1) is 6.92 Å². The van der Waals surface area contributed by atoms with Gasteiger partial charge in [0, 0.05) is 10.6 Å². The van der Waals surface area contributed by atoms with Crippen molar-refractivity contribution in [2.75, 3.05) is 5.32 Å². The Kier molecular flexibility index (Phi) is 3.48. The molecule has 0 amide bonds. The van der Waals surface area contributed by atoms with Crippen molar-refractivity contribution in [2.45, 2.75) is 6.92 Å². The highest BCUT2D eigenvalue weighted by Crippen LogP contribution is 2.31. The standard InChI is InChI=1S/C16H12ClN5S/c1-10-7-12-14(23-10)15(21-16(17)19-12)20-13-8-22(9-18-13)11-5-3-2-4-6-11/h2-9H,1H3,(H,19,20,21). The van der Waals surface area contributed by atoms with E-state index in [1.54, 1.807) is 17.7 Å². The minimum atomic E-state index is 0.222. The van der Waals surface area contributed by atoms with E-state index in [4.69, 9.17) is 11.6 Å². The Balaban J connectivity index is 1.70. The molecule has 0 aliphatic rings. The molecule has 0 bridgehead atoms. The first-order chi connectivity index (χ1) is 11.2. The number of thiophene rings is 1. The molecule has 23 heavy (non-hydrogen) atoms. The average molecular weight is 342 g/mol. The molecule has 7 heteroatoms. The average Bonchev–Trinajstić information content (AvgIpc) is 3.14. The lowest BCUT2D eigenvalue weighted by Gasteiger charge is -2.04. The van der Waals surface area contributed by atoms with Gasteiger partial charge in [0.2, 0.25) is 5.28 Å². The molecule has 0 atom stereocenters. The van der Waals surface area contributed by atoms with E-state index >= 15 is 0 Å². The first-order valence-electron chi connectivity index (χ1n) is 6.99. The molecule has 0 saturated heterocycles. The molecule has 0 unspecified atom stereocenters. The van der Waals surface area contributed by atoms with Gasteiger partial charge in [0.05, 0.1) is 16.4 Å². The molecule has 0 spiro atoms. The lowest BCUT2D eigenvalue weighted by atomic mass is 10.3. The fraction of sp³-hybridized carbons (Fsp3) is 0.0625. The number of hydrogen-bond donors (Lipinski definition) is 1. The van der Waals surface area contributed by atoms with Gasteiger partial charge >= 0.3 is 0 Å². The van der Waals surface area contributed by atoms with E-state index < -0.39 is 0 Å². The summed E-state index contributed by atoms with van der Waals surface area (Å²) in [7, 11) is 0. The Morgan fingerprint density at radius 1 is 1.17 bits per heavy atom. The molecule has 4 rings (SSSR count). The summed E-state index contributed by atoms with van der Waals surface area (Å²) >= 11 is 7.65. The van der Waals surface area contributed by atoms with Crippen LogP contribution in [0.4, 0.5) is 11.6 Å². The Morgan fingerprint density at radius 3 is 2.83 bits per heavy atom. The zero-order valence-corrected chi connectivity index (χ0v) is 13.8. The number of halogens is 1. The molecule has 1 N–H and O–H groups in total. The zero-order valence-electron chi connectivity index (χ0n) is 12.2. The fourth-order valence-electron chi connectivity index (χ4n) is 2.36. The lowest BCUT2D eigenvalue weighted by molar-refractivity contribution is 1.06. The first-order valence-corrected chi connectivity index (χ1v) is 8.18. The molecule has 3 heterocycles. The predicted octanol–water partition coefficient (Wildman–Crippen LogP) is 4.58. The van der Waals surface area contributed by atoms with E-state index in [0.717, 1.165) is 20.8 Å². The van der Waals surface area contributed by atoms with Gasteiger partial charge in [-0.05, 0) is 36.7 Å². The summed E-state index contributed by atoms with van der Waals surface area (Å²) in [5.74, 6) is 1.38. The van der Waals surface area contributed by atoms with E-state index in [9.17, 15) is 0 Å². The Bertz CT molecular complexity index is 977. The van der Waals surface area contributed by atoms with Gasteiger partial charge in [0.25, 0.3) is 0 Å². The highest BCUT2D eigenvalue weighted by Gasteiger charge is 2.11. The van der Waals surface area contributed by atoms with Crippen LogP contribution in [-0.4, -0.2) is 19.5 Å². The summed E-state index contributed by atoms with van der Waals surface area (Å²) in [5, 5.41) is 3.46. The van der Waals surface area contributed by atoms with Crippen LogP contribution >= 0.6 is 22.9 Å². The summed E-state index contributed by atoms with van der Waals surface area (Å²) in [5.41, 5.74) is 1.89. The molecule has 5 nitrogen and oxygen atoms in total. The monoisotopic (exact) mass is 341 g/mol. The SMILES string of the molecule is Cc1cc2nc(Cl)nc(Nc3cn(-c4ccccc4)cn3)c2s1. The molecule has 3 aromatic heterocycles. The molecular weight excluding hydrogens is 330 g/mol. The van der Waals surface area contributed by atoms with Crippen LogP contribution in [0.5, 0.6) is 0 Å². The molecule has 0 aliphatic carbocycles. The van der Waals surface area contributed by atoms with Crippen LogP contribution in [0.15, 0.2) is 48.9 Å². The van der Waals surface area contributed by atoms with Gasteiger partial charge < -0.3 is 9.88 Å². The first kappa shape index (κ1) is 14.2. The van der Waals surface area contributed by atoms with Crippen LogP contribution in [-0.2, 0) is 0 Å². The number of para-hydroxylation sites is 1. The summed E-state index contributed by atoms with van der Waals surface area (Å²) in [6, 6.07) is 12.0. The highest BCUT2D eigenvalue weighted by atomic mass is 35.5. The van der Waals surface area contributed by atoms with Crippen LogP contribution in [0.25, 0.3) is 15.9 Å². The number of hydrogen-bond acceptors (Lipinski definition) is 5. The summed E-state index contributed by atoms with van der Waals surface area (Å²) in [6.45, 7) is 2.04. The molecule has 0 saturated carbocycles. The van der Waals surface area contributed by atoms with E-state index in [-0.39, 0.29) is 5.28 Å². The molecule has 0 radical (unpaired) electrons. The van der Waals surface area contributed by atoms with Gasteiger partial charge in [-0.2, -0.15) is 4.98 Å². The van der Waals surface area contributed by atoms with Gasteiger partial charge in [-0.1, -0.05) is 18.2 Å². The number of fused-ring (bicyclic) bond motifs is 1. The number of rotatable bonds is 3. The van der Waals surface area contributed by atoms with Crippen molar-refractivity contribution in [2.24, 2.45) is 0 Å². The third-order valence-corrected chi connectivity index (χ3v) is 4.57. The van der Waals surface area contributed by atoms with Gasteiger partial charge in [-0.25, -0.2) is 9.97 Å². The molecule has 4 aromatic rings. The molecule has 1 aromatic carbocycles. The van der Waals surface area contributed by atoms with Crippen LogP contribution in [0.2, 0.25) is 5.28 Å². The summed E-state index contributed by atoms with van der Waals surface area (Å²) in [4.78, 5) is 14.1. The number of nitrogens with one attached hydrogen (secondary N) is 1. The smallest absolute Gasteiger partial charge is 0.224 e. The van der Waals surface area contributed by atoms with Crippen molar-refractivity contribution >= 4 is 44.8 Å². The van der Waals surface area contributed by atoms with Crippen molar-refractivity contribution in [3.05, 3.63) is 59.1 Å². The minimum absolute atomic E-state index is 0.222. The number of benzene rings is 1. The molecule has 0 fully saturated rings. The van der Waals surface area contributed by atoms with Crippen LogP contribution in [0.3, 0.4) is 0 Å². The maximum absolute atomic E-state index is 6.02. The van der Waals surface area contributed by atoms with E-state index in [1.807, 2.05) is 54.1 Å². The number of aryl methyl sites for hydroxylation is 1. The van der Waals surface area contributed by atoms with Crippen molar-refractivity contribution < 1.29 is 0 Å². The zero-order chi connectivity index (χ0) is 15.8.